The van der Waals surface area contributed by atoms with E-state index in [1.54, 1.807) is 25.3 Å². The van der Waals surface area contributed by atoms with Gasteiger partial charge in [-0.1, -0.05) is 6.07 Å². The van der Waals surface area contributed by atoms with E-state index in [1.165, 1.54) is 5.75 Å². The van der Waals surface area contributed by atoms with E-state index in [2.05, 4.69) is 0 Å². The van der Waals surface area contributed by atoms with Crippen LogP contribution in [0.2, 0.25) is 0 Å². The maximum absolute atomic E-state index is 11.9. The van der Waals surface area contributed by atoms with Crippen LogP contribution in [-0.4, -0.2) is 37.0 Å². The van der Waals surface area contributed by atoms with Crippen LogP contribution in [0.15, 0.2) is 18.2 Å². The molecule has 104 valence electrons. The zero-order valence-corrected chi connectivity index (χ0v) is 11.9. The standard InChI is InChI=1S/C14H19NO3S/c1-17-13-6-2-5-11(12(16)8-15)14(13)18-10-4-3-7-19-9-10/h2,5-6,10H,3-4,7-9,15H2,1H3. The SMILES string of the molecule is COc1cccc(C(=O)CN)c1OC1CCCSC1. The molecule has 1 saturated heterocycles. The second-order valence-electron chi connectivity index (χ2n) is 4.42. The number of hydrogen-bond acceptors (Lipinski definition) is 5. The van der Waals surface area contributed by atoms with Gasteiger partial charge in [-0.05, 0) is 30.7 Å². The van der Waals surface area contributed by atoms with Crippen LogP contribution < -0.4 is 15.2 Å². The zero-order chi connectivity index (χ0) is 13.7. The Hall–Kier alpha value is -1.20. The van der Waals surface area contributed by atoms with Crippen molar-refractivity contribution in [3.05, 3.63) is 23.8 Å². The van der Waals surface area contributed by atoms with Crippen molar-refractivity contribution in [1.29, 1.82) is 0 Å². The number of thioether (sulfide) groups is 1. The summed E-state index contributed by atoms with van der Waals surface area (Å²) in [6.07, 6.45) is 2.30. The minimum Gasteiger partial charge on any atom is -0.493 e. The van der Waals surface area contributed by atoms with Gasteiger partial charge >= 0.3 is 0 Å². The molecule has 1 aromatic rings. The van der Waals surface area contributed by atoms with Gasteiger partial charge in [0.15, 0.2) is 17.3 Å². The first-order chi connectivity index (χ1) is 9.26. The monoisotopic (exact) mass is 281 g/mol. The summed E-state index contributed by atoms with van der Waals surface area (Å²) < 4.78 is 11.3. The van der Waals surface area contributed by atoms with Crippen LogP contribution in [0.3, 0.4) is 0 Å². The smallest absolute Gasteiger partial charge is 0.180 e. The molecular formula is C14H19NO3S. The van der Waals surface area contributed by atoms with Crippen molar-refractivity contribution in [1.82, 2.24) is 0 Å². The summed E-state index contributed by atoms with van der Waals surface area (Å²) in [4.78, 5) is 11.9. The molecule has 1 heterocycles. The average Bonchev–Trinajstić information content (AvgIpc) is 2.47. The van der Waals surface area contributed by atoms with Crippen molar-refractivity contribution in [2.75, 3.05) is 25.2 Å². The molecule has 1 atom stereocenters. The highest BCUT2D eigenvalue weighted by Gasteiger charge is 2.21. The molecule has 0 spiro atoms. The highest BCUT2D eigenvalue weighted by atomic mass is 32.2. The minimum absolute atomic E-state index is 0.0249. The summed E-state index contributed by atoms with van der Waals surface area (Å²) in [5.41, 5.74) is 5.96. The maximum Gasteiger partial charge on any atom is 0.180 e. The second-order valence-corrected chi connectivity index (χ2v) is 5.57. The van der Waals surface area contributed by atoms with Gasteiger partial charge in [0.2, 0.25) is 0 Å². The van der Waals surface area contributed by atoms with Crippen molar-refractivity contribution >= 4 is 17.5 Å². The topological polar surface area (TPSA) is 61.5 Å². The number of benzene rings is 1. The number of rotatable bonds is 5. The number of nitrogens with two attached hydrogens (primary N) is 1. The molecule has 1 fully saturated rings. The Labute approximate surface area is 117 Å². The molecular weight excluding hydrogens is 262 g/mol. The van der Waals surface area contributed by atoms with Crippen LogP contribution in [0, 0.1) is 0 Å². The summed E-state index contributed by atoms with van der Waals surface area (Å²) in [5.74, 6) is 3.13. The molecule has 1 unspecified atom stereocenters. The lowest BCUT2D eigenvalue weighted by atomic mass is 10.1. The fourth-order valence-electron chi connectivity index (χ4n) is 2.10. The zero-order valence-electron chi connectivity index (χ0n) is 11.1. The first-order valence-electron chi connectivity index (χ1n) is 6.41. The van der Waals surface area contributed by atoms with Crippen LogP contribution in [0.1, 0.15) is 23.2 Å². The van der Waals surface area contributed by atoms with Crippen LogP contribution in [-0.2, 0) is 0 Å². The Balaban J connectivity index is 2.26. The van der Waals surface area contributed by atoms with Crippen LogP contribution >= 0.6 is 11.8 Å². The van der Waals surface area contributed by atoms with Gasteiger partial charge in [-0.3, -0.25) is 4.79 Å². The molecule has 2 rings (SSSR count). The molecule has 19 heavy (non-hydrogen) atoms. The predicted molar refractivity (Wildman–Crippen MR) is 77.4 cm³/mol. The lowest BCUT2D eigenvalue weighted by Gasteiger charge is -2.24. The van der Waals surface area contributed by atoms with E-state index in [-0.39, 0.29) is 18.4 Å². The summed E-state index contributed by atoms with van der Waals surface area (Å²) in [6.45, 7) is -0.0249. The Morgan fingerprint density at radius 2 is 2.37 bits per heavy atom. The summed E-state index contributed by atoms with van der Waals surface area (Å²) in [5, 5.41) is 0. The number of carbonyl (C=O) groups is 1. The molecule has 0 bridgehead atoms. The van der Waals surface area contributed by atoms with Gasteiger partial charge in [-0.15, -0.1) is 0 Å². The molecule has 0 saturated carbocycles. The number of Topliss-reactive ketones (excluding diaryl/α,β-unsaturated/α-hetero) is 1. The number of methoxy groups -OCH3 is 1. The fraction of sp³-hybridized carbons (Fsp3) is 0.500. The van der Waals surface area contributed by atoms with Crippen molar-refractivity contribution < 1.29 is 14.3 Å². The summed E-state index contributed by atoms with van der Waals surface area (Å²) in [6, 6.07) is 5.33. The maximum atomic E-state index is 11.9. The number of ether oxygens (including phenoxy) is 2. The third-order valence-electron chi connectivity index (χ3n) is 3.09. The lowest BCUT2D eigenvalue weighted by Crippen LogP contribution is -2.25. The van der Waals surface area contributed by atoms with E-state index in [4.69, 9.17) is 15.2 Å². The molecule has 5 heteroatoms. The first-order valence-corrected chi connectivity index (χ1v) is 7.56. The lowest BCUT2D eigenvalue weighted by molar-refractivity contribution is 0.0993. The Kier molecular flexibility index (Phi) is 5.10. The van der Waals surface area contributed by atoms with E-state index in [1.807, 2.05) is 11.8 Å². The second kappa shape index (κ2) is 6.82. The predicted octanol–water partition coefficient (Wildman–Crippen LogP) is 2.11. The molecule has 1 aliphatic heterocycles. The molecule has 2 N–H and O–H groups in total. The quantitative estimate of drug-likeness (QED) is 0.838. The normalized spacial score (nSPS) is 18.9. The highest BCUT2D eigenvalue weighted by Crippen LogP contribution is 2.34. The van der Waals surface area contributed by atoms with Gasteiger partial charge in [0.05, 0.1) is 19.2 Å². The van der Waals surface area contributed by atoms with Crippen molar-refractivity contribution in [3.8, 4) is 11.5 Å². The van der Waals surface area contributed by atoms with E-state index in [9.17, 15) is 4.79 Å². The molecule has 0 radical (unpaired) electrons. The average molecular weight is 281 g/mol. The summed E-state index contributed by atoms with van der Waals surface area (Å²) in [7, 11) is 1.58. The van der Waals surface area contributed by atoms with Crippen molar-refractivity contribution in [2.24, 2.45) is 5.73 Å². The van der Waals surface area contributed by atoms with Gasteiger partial charge in [-0.25, -0.2) is 0 Å². The summed E-state index contributed by atoms with van der Waals surface area (Å²) >= 11 is 1.88. The third-order valence-corrected chi connectivity index (χ3v) is 4.27. The minimum atomic E-state index is -0.127. The van der Waals surface area contributed by atoms with Crippen molar-refractivity contribution in [3.63, 3.8) is 0 Å². The fourth-order valence-corrected chi connectivity index (χ4v) is 3.13. The van der Waals surface area contributed by atoms with E-state index in [0.717, 1.165) is 18.6 Å². The van der Waals surface area contributed by atoms with E-state index >= 15 is 0 Å². The number of ketones is 1. The molecule has 0 amide bonds. The van der Waals surface area contributed by atoms with Crippen molar-refractivity contribution in [2.45, 2.75) is 18.9 Å². The van der Waals surface area contributed by atoms with Crippen LogP contribution in [0.5, 0.6) is 11.5 Å². The Bertz CT molecular complexity index is 444. The van der Waals surface area contributed by atoms with E-state index < -0.39 is 0 Å². The number of para-hydroxylation sites is 1. The molecule has 0 aliphatic carbocycles. The molecule has 0 aromatic heterocycles. The van der Waals surface area contributed by atoms with E-state index in [0.29, 0.717) is 17.1 Å². The molecule has 1 aromatic carbocycles. The van der Waals surface area contributed by atoms with Crippen LogP contribution in [0.4, 0.5) is 0 Å². The van der Waals surface area contributed by atoms with Gasteiger partial charge in [0.25, 0.3) is 0 Å². The number of hydrogen-bond donors (Lipinski definition) is 1. The highest BCUT2D eigenvalue weighted by molar-refractivity contribution is 7.99. The van der Waals surface area contributed by atoms with Gasteiger partial charge in [0, 0.05) is 5.75 Å². The molecule has 1 aliphatic rings. The van der Waals surface area contributed by atoms with Gasteiger partial charge in [-0.2, -0.15) is 11.8 Å². The van der Waals surface area contributed by atoms with Gasteiger partial charge in [0.1, 0.15) is 6.10 Å². The third kappa shape index (κ3) is 3.42. The Morgan fingerprint density at radius 3 is 3.00 bits per heavy atom. The Morgan fingerprint density at radius 1 is 1.53 bits per heavy atom. The number of carbonyl (C=O) groups excluding carboxylic acids is 1. The van der Waals surface area contributed by atoms with Gasteiger partial charge < -0.3 is 15.2 Å². The molecule has 4 nitrogen and oxygen atoms in total. The first kappa shape index (κ1) is 14.2. The van der Waals surface area contributed by atoms with Crippen LogP contribution in [0.25, 0.3) is 0 Å². The largest absolute Gasteiger partial charge is 0.493 e.